The average molecular weight is 437 g/mol. The van der Waals surface area contributed by atoms with Gasteiger partial charge in [-0.15, -0.1) is 0 Å². The van der Waals surface area contributed by atoms with Gasteiger partial charge in [-0.3, -0.25) is 9.59 Å². The second-order valence-corrected chi connectivity index (χ2v) is 12.8. The molecule has 2 saturated carbocycles. The zero-order valence-corrected chi connectivity index (χ0v) is 21.5. The van der Waals surface area contributed by atoms with E-state index >= 15 is 0 Å². The third-order valence-electron chi connectivity index (χ3n) is 11.0. The Labute approximate surface area is 196 Å². The number of carbonyl (C=O) groups is 2. The largest absolute Gasteiger partial charge is 0.299 e. The quantitative estimate of drug-likeness (QED) is 0.328. The van der Waals surface area contributed by atoms with E-state index in [0.717, 1.165) is 50.4 Å². The van der Waals surface area contributed by atoms with Crippen LogP contribution in [-0.2, 0) is 9.59 Å². The topological polar surface area (TPSA) is 34.1 Å². The first-order chi connectivity index (χ1) is 14.9. The number of ketones is 1. The zero-order valence-electron chi connectivity index (χ0n) is 21.5. The normalized spacial score (nSPS) is 41.7. The molecule has 0 N–H and O–H groups in total. The van der Waals surface area contributed by atoms with E-state index in [-0.39, 0.29) is 21.7 Å². The lowest BCUT2D eigenvalue weighted by Gasteiger charge is -2.59. The summed E-state index contributed by atoms with van der Waals surface area (Å²) in [5.74, 6) is 2.25. The number of carbonyl (C=O) groups excluding carboxylic acids is 2. The van der Waals surface area contributed by atoms with Crippen LogP contribution >= 0.6 is 0 Å². The van der Waals surface area contributed by atoms with Gasteiger partial charge in [-0.25, -0.2) is 0 Å². The fourth-order valence-electron chi connectivity index (χ4n) is 8.58. The maximum atomic E-state index is 12.8. The fourth-order valence-corrected chi connectivity index (χ4v) is 8.58. The van der Waals surface area contributed by atoms with Crippen LogP contribution < -0.4 is 0 Å². The van der Waals surface area contributed by atoms with Crippen molar-refractivity contribution < 1.29 is 9.59 Å². The molecule has 32 heavy (non-hydrogen) atoms. The van der Waals surface area contributed by atoms with Crippen LogP contribution in [0.3, 0.4) is 0 Å². The lowest BCUT2D eigenvalue weighted by atomic mass is 9.44. The molecule has 0 saturated heterocycles. The van der Waals surface area contributed by atoms with Crippen molar-refractivity contribution in [1.82, 2.24) is 0 Å². The minimum Gasteiger partial charge on any atom is -0.299 e. The Morgan fingerprint density at radius 2 is 1.84 bits per heavy atom. The van der Waals surface area contributed by atoms with Gasteiger partial charge in [0, 0.05) is 11.8 Å². The van der Waals surface area contributed by atoms with E-state index < -0.39 is 0 Å². The Hall–Kier alpha value is -1.44. The van der Waals surface area contributed by atoms with Crippen molar-refractivity contribution in [2.24, 2.45) is 39.4 Å². The Bertz CT molecular complexity index is 902. The zero-order chi connectivity index (χ0) is 23.5. The maximum absolute atomic E-state index is 12.8. The summed E-state index contributed by atoms with van der Waals surface area (Å²) < 4.78 is 0. The van der Waals surface area contributed by atoms with Crippen molar-refractivity contribution in [1.29, 1.82) is 0 Å². The molecule has 0 aliphatic heterocycles. The van der Waals surface area contributed by atoms with E-state index in [9.17, 15) is 9.59 Å². The molecule has 2 nitrogen and oxygen atoms in total. The van der Waals surface area contributed by atoms with Crippen LogP contribution in [0.5, 0.6) is 0 Å². The Balaban J connectivity index is 1.64. The number of aldehydes is 1. The first-order valence-corrected chi connectivity index (χ1v) is 13.0. The number of allylic oxidation sites excluding steroid dienone is 6. The fraction of sp³-hybridized carbons (Fsp3) is 0.733. The second kappa shape index (κ2) is 7.81. The molecule has 2 fully saturated rings. The third-order valence-corrected chi connectivity index (χ3v) is 11.0. The highest BCUT2D eigenvalue weighted by molar-refractivity contribution is 5.86. The summed E-state index contributed by atoms with van der Waals surface area (Å²) in [6.45, 7) is 16.3. The number of Topliss-reactive ketones (excluding diaryl/α,β-unsaturated/α-hetero) is 1. The SMILES string of the molecule is C/C(C=O)=C\CCC(C)[C@H]1CC[C@@]2(C)C3=CCC4C(C)(C)C(=O)CC[C@]4(C)C3=CC[C@]12C. The molecular weight excluding hydrogens is 392 g/mol. The molecular formula is C30H44O2. The summed E-state index contributed by atoms with van der Waals surface area (Å²) in [7, 11) is 0. The van der Waals surface area contributed by atoms with E-state index in [2.05, 4.69) is 59.8 Å². The molecule has 0 amide bonds. The van der Waals surface area contributed by atoms with Gasteiger partial charge in [-0.05, 0) is 103 Å². The minimum absolute atomic E-state index is 0.132. The van der Waals surface area contributed by atoms with E-state index in [1.165, 1.54) is 12.8 Å². The Morgan fingerprint density at radius 3 is 2.53 bits per heavy atom. The van der Waals surface area contributed by atoms with E-state index in [0.29, 0.717) is 23.5 Å². The molecule has 0 aromatic heterocycles. The predicted molar refractivity (Wildman–Crippen MR) is 132 cm³/mol. The van der Waals surface area contributed by atoms with Crippen molar-refractivity contribution in [3.63, 3.8) is 0 Å². The van der Waals surface area contributed by atoms with E-state index in [1.807, 2.05) is 6.92 Å². The number of rotatable bonds is 5. The van der Waals surface area contributed by atoms with Gasteiger partial charge < -0.3 is 0 Å². The smallest absolute Gasteiger partial charge is 0.145 e. The summed E-state index contributed by atoms with van der Waals surface area (Å²) in [6, 6.07) is 0. The monoisotopic (exact) mass is 436 g/mol. The van der Waals surface area contributed by atoms with E-state index in [1.54, 1.807) is 11.1 Å². The summed E-state index contributed by atoms with van der Waals surface area (Å²) >= 11 is 0. The van der Waals surface area contributed by atoms with Gasteiger partial charge in [0.1, 0.15) is 12.1 Å². The molecule has 176 valence electrons. The highest BCUT2D eigenvalue weighted by Crippen LogP contribution is 2.71. The van der Waals surface area contributed by atoms with Gasteiger partial charge in [-0.2, -0.15) is 0 Å². The van der Waals surface area contributed by atoms with Crippen LogP contribution in [0, 0.1) is 39.4 Å². The van der Waals surface area contributed by atoms with Gasteiger partial charge in [0.05, 0.1) is 0 Å². The Morgan fingerprint density at radius 1 is 1.12 bits per heavy atom. The summed E-state index contributed by atoms with van der Waals surface area (Å²) in [5, 5.41) is 0. The van der Waals surface area contributed by atoms with Crippen LogP contribution in [-0.4, -0.2) is 12.1 Å². The van der Waals surface area contributed by atoms with Gasteiger partial charge >= 0.3 is 0 Å². The first-order valence-electron chi connectivity index (χ1n) is 13.0. The van der Waals surface area contributed by atoms with Crippen LogP contribution in [0.1, 0.15) is 99.8 Å². The van der Waals surface area contributed by atoms with Crippen LogP contribution in [0.25, 0.3) is 0 Å². The summed E-state index contributed by atoms with van der Waals surface area (Å²) in [4.78, 5) is 23.7. The van der Waals surface area contributed by atoms with Gasteiger partial charge in [0.25, 0.3) is 0 Å². The van der Waals surface area contributed by atoms with Crippen molar-refractivity contribution in [3.8, 4) is 0 Å². The number of hydrogen-bond donors (Lipinski definition) is 0. The second-order valence-electron chi connectivity index (χ2n) is 12.8. The van der Waals surface area contributed by atoms with Gasteiger partial charge in [-0.1, -0.05) is 59.8 Å². The molecule has 0 heterocycles. The molecule has 6 atom stereocenters. The molecule has 0 radical (unpaired) electrons. The lowest BCUT2D eigenvalue weighted by Crippen LogP contribution is -2.53. The van der Waals surface area contributed by atoms with Crippen molar-refractivity contribution in [2.75, 3.05) is 0 Å². The van der Waals surface area contributed by atoms with Crippen molar-refractivity contribution in [3.05, 3.63) is 34.9 Å². The highest BCUT2D eigenvalue weighted by Gasteiger charge is 2.63. The molecule has 4 aliphatic rings. The van der Waals surface area contributed by atoms with Crippen molar-refractivity contribution >= 4 is 12.1 Å². The highest BCUT2D eigenvalue weighted by atomic mass is 16.1. The molecule has 2 unspecified atom stereocenters. The van der Waals surface area contributed by atoms with Gasteiger partial charge in [0.2, 0.25) is 0 Å². The molecule has 0 aromatic carbocycles. The maximum Gasteiger partial charge on any atom is 0.145 e. The lowest BCUT2D eigenvalue weighted by molar-refractivity contribution is -0.138. The predicted octanol–water partition coefficient (Wildman–Crippen LogP) is 7.64. The molecule has 0 spiro atoms. The van der Waals surface area contributed by atoms with Gasteiger partial charge in [0.15, 0.2) is 0 Å². The average Bonchev–Trinajstić information content (AvgIpc) is 3.02. The van der Waals surface area contributed by atoms with Crippen molar-refractivity contribution in [2.45, 2.75) is 99.8 Å². The molecule has 4 aliphatic carbocycles. The number of fused-ring (bicyclic) bond motifs is 5. The summed E-state index contributed by atoms with van der Waals surface area (Å²) in [5.41, 5.74) is 4.49. The standard InChI is InChI=1S/C30H44O2/c1-20(19-31)9-8-10-21(2)22-13-17-30(7)24-11-12-25-27(3,4)26(32)15-16-28(25,5)23(24)14-18-29(22,30)6/h9,11,14,19,21-22,25H,8,10,12-13,15-18H2,1-7H3/b20-9+/t21?,22-,25?,28-,29-,30+/m1/s1. The summed E-state index contributed by atoms with van der Waals surface area (Å²) in [6.07, 6.45) is 16.9. The Kier molecular flexibility index (Phi) is 5.79. The molecule has 0 bridgehead atoms. The van der Waals surface area contributed by atoms with Crippen LogP contribution in [0.2, 0.25) is 0 Å². The van der Waals surface area contributed by atoms with Crippen LogP contribution in [0.15, 0.2) is 34.9 Å². The van der Waals surface area contributed by atoms with E-state index in [4.69, 9.17) is 0 Å². The molecule has 4 rings (SSSR count). The molecule has 2 heteroatoms. The first kappa shape index (κ1) is 23.7. The number of hydrogen-bond acceptors (Lipinski definition) is 2. The minimum atomic E-state index is -0.225. The van der Waals surface area contributed by atoms with Crippen LogP contribution in [0.4, 0.5) is 0 Å². The molecule has 0 aromatic rings. The third kappa shape index (κ3) is 3.18.